The number of phenols is 2. The van der Waals surface area contributed by atoms with Gasteiger partial charge in [0.15, 0.2) is 11.5 Å². The molecule has 2 aromatic rings. The zero-order valence-corrected chi connectivity index (χ0v) is 7.69. The second-order valence-corrected chi connectivity index (χ2v) is 2.99. The summed E-state index contributed by atoms with van der Waals surface area (Å²) in [4.78, 5) is 0. The Labute approximate surface area is 81.2 Å². The Balaban J connectivity index is 2.91. The Bertz CT molecular complexity index is 477. The molecule has 3 heteroatoms. The van der Waals surface area contributed by atoms with E-state index in [2.05, 4.69) is 0 Å². The van der Waals surface area contributed by atoms with Crippen molar-refractivity contribution in [1.29, 1.82) is 0 Å². The van der Waals surface area contributed by atoms with Crippen LogP contribution in [0.1, 0.15) is 0 Å². The summed E-state index contributed by atoms with van der Waals surface area (Å²) >= 11 is 0. The van der Waals surface area contributed by atoms with Gasteiger partial charge in [-0.3, -0.25) is 0 Å². The van der Waals surface area contributed by atoms with Crippen LogP contribution in [0.15, 0.2) is 30.3 Å². The van der Waals surface area contributed by atoms with E-state index in [4.69, 9.17) is 4.74 Å². The quantitative estimate of drug-likeness (QED) is 0.725. The molecule has 0 spiro atoms. The van der Waals surface area contributed by atoms with Crippen LogP contribution in [-0.2, 0) is 0 Å². The summed E-state index contributed by atoms with van der Waals surface area (Å²) < 4.78 is 5.03. The van der Waals surface area contributed by atoms with E-state index in [-0.39, 0.29) is 11.5 Å². The highest BCUT2D eigenvalue weighted by atomic mass is 16.5. The summed E-state index contributed by atoms with van der Waals surface area (Å²) in [7, 11) is 1.46. The second kappa shape index (κ2) is 3.10. The van der Waals surface area contributed by atoms with Crippen LogP contribution in [0.3, 0.4) is 0 Å². The molecule has 2 rings (SSSR count). The Morgan fingerprint density at radius 1 is 1.00 bits per heavy atom. The lowest BCUT2D eigenvalue weighted by molar-refractivity contribution is 0.376. The average molecular weight is 190 g/mol. The number of rotatable bonds is 1. The summed E-state index contributed by atoms with van der Waals surface area (Å²) in [5.74, 6) is 0.442. The van der Waals surface area contributed by atoms with Crippen molar-refractivity contribution in [2.24, 2.45) is 0 Å². The lowest BCUT2D eigenvalue weighted by Gasteiger charge is -2.08. The van der Waals surface area contributed by atoms with Crippen molar-refractivity contribution in [1.82, 2.24) is 0 Å². The molecule has 0 bridgehead atoms. The second-order valence-electron chi connectivity index (χ2n) is 2.99. The van der Waals surface area contributed by atoms with E-state index in [0.29, 0.717) is 11.1 Å². The maximum Gasteiger partial charge on any atom is 0.172 e. The van der Waals surface area contributed by atoms with E-state index >= 15 is 0 Å². The van der Waals surface area contributed by atoms with E-state index in [1.807, 2.05) is 6.07 Å². The molecule has 0 heterocycles. The van der Waals surface area contributed by atoms with Gasteiger partial charge >= 0.3 is 0 Å². The summed E-state index contributed by atoms with van der Waals surface area (Å²) in [5, 5.41) is 20.5. The van der Waals surface area contributed by atoms with Crippen molar-refractivity contribution < 1.29 is 14.9 Å². The SMILES string of the molecule is COc1c(O)ccc2cccc(O)c12. The average Bonchev–Trinajstić information content (AvgIpc) is 2.19. The minimum Gasteiger partial charge on any atom is -0.507 e. The monoisotopic (exact) mass is 190 g/mol. The zero-order chi connectivity index (χ0) is 10.1. The number of hydrogen-bond acceptors (Lipinski definition) is 3. The predicted octanol–water partition coefficient (Wildman–Crippen LogP) is 2.26. The van der Waals surface area contributed by atoms with E-state index in [1.54, 1.807) is 24.3 Å². The molecule has 0 aliphatic heterocycles. The third-order valence-electron chi connectivity index (χ3n) is 2.16. The van der Waals surface area contributed by atoms with Gasteiger partial charge in [0.2, 0.25) is 0 Å². The highest BCUT2D eigenvalue weighted by molar-refractivity contribution is 5.95. The maximum absolute atomic E-state index is 9.62. The van der Waals surface area contributed by atoms with Gasteiger partial charge in [0.25, 0.3) is 0 Å². The third-order valence-corrected chi connectivity index (χ3v) is 2.16. The lowest BCUT2D eigenvalue weighted by Crippen LogP contribution is -1.86. The van der Waals surface area contributed by atoms with E-state index in [1.165, 1.54) is 7.11 Å². The van der Waals surface area contributed by atoms with Crippen LogP contribution >= 0.6 is 0 Å². The molecule has 0 saturated heterocycles. The van der Waals surface area contributed by atoms with Gasteiger partial charge in [-0.2, -0.15) is 0 Å². The first kappa shape index (κ1) is 8.69. The lowest BCUT2D eigenvalue weighted by atomic mass is 10.1. The zero-order valence-electron chi connectivity index (χ0n) is 7.69. The standard InChI is InChI=1S/C11H10O3/c1-14-11-9(13)6-5-7-3-2-4-8(12)10(7)11/h2-6,12-13H,1H3. The van der Waals surface area contributed by atoms with Crippen LogP contribution in [0.5, 0.6) is 17.2 Å². The highest BCUT2D eigenvalue weighted by Gasteiger charge is 2.10. The molecule has 0 amide bonds. The van der Waals surface area contributed by atoms with Crippen molar-refractivity contribution in [2.75, 3.05) is 7.11 Å². The normalized spacial score (nSPS) is 10.4. The summed E-state index contributed by atoms with van der Waals surface area (Å²) in [6.07, 6.45) is 0. The Morgan fingerprint density at radius 2 is 1.79 bits per heavy atom. The van der Waals surface area contributed by atoms with Crippen molar-refractivity contribution in [3.8, 4) is 17.2 Å². The topological polar surface area (TPSA) is 49.7 Å². The molecule has 0 fully saturated rings. The van der Waals surface area contributed by atoms with Crippen LogP contribution in [-0.4, -0.2) is 17.3 Å². The number of methoxy groups -OCH3 is 1. The molecule has 0 aromatic heterocycles. The largest absolute Gasteiger partial charge is 0.507 e. The van der Waals surface area contributed by atoms with Gasteiger partial charge in [-0.1, -0.05) is 18.2 Å². The molecule has 0 aliphatic carbocycles. The first-order chi connectivity index (χ1) is 6.74. The van der Waals surface area contributed by atoms with Crippen molar-refractivity contribution in [2.45, 2.75) is 0 Å². The first-order valence-electron chi connectivity index (χ1n) is 4.21. The van der Waals surface area contributed by atoms with Crippen LogP contribution in [0.4, 0.5) is 0 Å². The molecule has 0 saturated carbocycles. The summed E-state index contributed by atoms with van der Waals surface area (Å²) in [5.41, 5.74) is 0. The molecule has 0 radical (unpaired) electrons. The van der Waals surface area contributed by atoms with Crippen LogP contribution < -0.4 is 4.74 Å². The molecule has 0 unspecified atom stereocenters. The minimum absolute atomic E-state index is 0.0292. The van der Waals surface area contributed by atoms with Gasteiger partial charge in [0.05, 0.1) is 12.5 Å². The van der Waals surface area contributed by atoms with E-state index in [9.17, 15) is 10.2 Å². The number of fused-ring (bicyclic) bond motifs is 1. The van der Waals surface area contributed by atoms with Gasteiger partial charge < -0.3 is 14.9 Å². The van der Waals surface area contributed by atoms with Crippen molar-refractivity contribution >= 4 is 10.8 Å². The predicted molar refractivity (Wildman–Crippen MR) is 53.8 cm³/mol. The number of benzene rings is 2. The fourth-order valence-electron chi connectivity index (χ4n) is 1.52. The number of phenolic OH excluding ortho intramolecular Hbond substituents is 2. The molecule has 2 N–H and O–H groups in total. The van der Waals surface area contributed by atoms with Crippen LogP contribution in [0.25, 0.3) is 10.8 Å². The fraction of sp³-hybridized carbons (Fsp3) is 0.0909. The van der Waals surface area contributed by atoms with Crippen molar-refractivity contribution in [3.63, 3.8) is 0 Å². The Hall–Kier alpha value is -1.90. The Morgan fingerprint density at radius 3 is 2.50 bits per heavy atom. The molecule has 14 heavy (non-hydrogen) atoms. The number of ether oxygens (including phenoxy) is 1. The molecule has 72 valence electrons. The Kier molecular flexibility index (Phi) is 1.93. The molecule has 0 atom stereocenters. The van der Waals surface area contributed by atoms with E-state index in [0.717, 1.165) is 5.39 Å². The van der Waals surface area contributed by atoms with Crippen LogP contribution in [0.2, 0.25) is 0 Å². The molecular weight excluding hydrogens is 180 g/mol. The third kappa shape index (κ3) is 1.14. The summed E-state index contributed by atoms with van der Waals surface area (Å²) in [6, 6.07) is 8.42. The van der Waals surface area contributed by atoms with Gasteiger partial charge in [0, 0.05) is 0 Å². The fourth-order valence-corrected chi connectivity index (χ4v) is 1.52. The van der Waals surface area contributed by atoms with Gasteiger partial charge in [-0.15, -0.1) is 0 Å². The highest BCUT2D eigenvalue weighted by Crippen LogP contribution is 2.39. The molecule has 3 nitrogen and oxygen atoms in total. The molecular formula is C11H10O3. The number of hydrogen-bond donors (Lipinski definition) is 2. The van der Waals surface area contributed by atoms with E-state index < -0.39 is 0 Å². The smallest absolute Gasteiger partial charge is 0.172 e. The van der Waals surface area contributed by atoms with Crippen LogP contribution in [0, 0.1) is 0 Å². The molecule has 2 aromatic carbocycles. The summed E-state index contributed by atoms with van der Waals surface area (Å²) in [6.45, 7) is 0. The molecule has 0 aliphatic rings. The minimum atomic E-state index is 0.0292. The number of aromatic hydroxyl groups is 2. The first-order valence-corrected chi connectivity index (χ1v) is 4.21. The van der Waals surface area contributed by atoms with Gasteiger partial charge in [-0.05, 0) is 17.5 Å². The maximum atomic E-state index is 9.62. The van der Waals surface area contributed by atoms with Gasteiger partial charge in [-0.25, -0.2) is 0 Å². The van der Waals surface area contributed by atoms with Gasteiger partial charge in [0.1, 0.15) is 5.75 Å². The van der Waals surface area contributed by atoms with Crippen molar-refractivity contribution in [3.05, 3.63) is 30.3 Å².